The molecule has 24 heavy (non-hydrogen) atoms. The first-order chi connectivity index (χ1) is 11.6. The van der Waals surface area contributed by atoms with Crippen molar-refractivity contribution in [3.8, 4) is 0 Å². The molecule has 2 rings (SSSR count). The minimum Gasteiger partial charge on any atom is -0.462 e. The molecule has 0 unspecified atom stereocenters. The third-order valence-corrected chi connectivity index (χ3v) is 5.09. The van der Waals surface area contributed by atoms with Crippen molar-refractivity contribution in [3.63, 3.8) is 0 Å². The van der Waals surface area contributed by atoms with Crippen molar-refractivity contribution in [2.75, 3.05) is 12.4 Å². The molecule has 0 radical (unpaired) electrons. The van der Waals surface area contributed by atoms with E-state index in [1.54, 1.807) is 0 Å². The van der Waals surface area contributed by atoms with Crippen molar-refractivity contribution in [1.82, 2.24) is 0 Å². The number of thiophene rings is 1. The van der Waals surface area contributed by atoms with Crippen LogP contribution in [0.2, 0.25) is 0 Å². The number of carbonyl (C=O) groups excluding carboxylic acids is 1. The van der Waals surface area contributed by atoms with Crippen LogP contribution in [0.3, 0.4) is 0 Å². The maximum Gasteiger partial charge on any atom is 0.348 e. The molecule has 2 nitrogen and oxygen atoms in total. The molecule has 0 saturated carbocycles. The van der Waals surface area contributed by atoms with Crippen LogP contribution in [0.4, 0.5) is 0 Å². The Morgan fingerprint density at radius 2 is 2.04 bits per heavy atom. The van der Waals surface area contributed by atoms with Crippen LogP contribution in [0.5, 0.6) is 0 Å². The summed E-state index contributed by atoms with van der Waals surface area (Å²) >= 11 is 3.28. The molecule has 4 heteroatoms. The second-order valence-corrected chi connectivity index (χ2v) is 7.63. The summed E-state index contributed by atoms with van der Waals surface area (Å²) < 4.78 is 5.01. The van der Waals surface area contributed by atoms with Crippen molar-refractivity contribution in [1.29, 1.82) is 0 Å². The molecule has 0 N–H and O–H groups in total. The minimum atomic E-state index is -0.250. The lowest BCUT2D eigenvalue weighted by Gasteiger charge is -2.00. The van der Waals surface area contributed by atoms with E-state index in [0.29, 0.717) is 11.5 Å². The Morgan fingerprint density at radius 1 is 1.21 bits per heavy atom. The minimum absolute atomic E-state index is 0.250. The fourth-order valence-corrected chi connectivity index (χ4v) is 3.75. The topological polar surface area (TPSA) is 26.3 Å². The Morgan fingerprint density at radius 3 is 2.79 bits per heavy atom. The molecule has 126 valence electrons. The summed E-state index contributed by atoms with van der Waals surface area (Å²) in [5.41, 5.74) is 2.50. The number of carbonyl (C=O) groups is 1. The van der Waals surface area contributed by atoms with Crippen LogP contribution < -0.4 is 0 Å². The van der Waals surface area contributed by atoms with Gasteiger partial charge in [-0.1, -0.05) is 29.9 Å². The Hall–Kier alpha value is -1.78. The largest absolute Gasteiger partial charge is 0.462 e. The highest BCUT2D eigenvalue weighted by atomic mass is 32.2. The standard InChI is InChI=1S/C20H22O2S2/c1-4-22-20(21)19-11-10-17(24-19)9-8-16-6-5-7-18(14-16)23-13-12-15(2)3/h5-12,14H,4,13H2,1-3H3/b9-8+. The molecule has 0 aliphatic heterocycles. The average molecular weight is 359 g/mol. The van der Waals surface area contributed by atoms with E-state index >= 15 is 0 Å². The van der Waals surface area contributed by atoms with Crippen molar-refractivity contribution in [2.45, 2.75) is 25.7 Å². The van der Waals surface area contributed by atoms with Gasteiger partial charge in [0.05, 0.1) is 6.61 Å². The number of hydrogen-bond donors (Lipinski definition) is 0. The molecule has 0 atom stereocenters. The molecule has 2 aromatic rings. The number of hydrogen-bond acceptors (Lipinski definition) is 4. The lowest BCUT2D eigenvalue weighted by atomic mass is 10.2. The smallest absolute Gasteiger partial charge is 0.348 e. The molecule has 0 aliphatic rings. The quantitative estimate of drug-likeness (QED) is 0.337. The predicted molar refractivity (Wildman–Crippen MR) is 106 cm³/mol. The molecule has 1 aromatic carbocycles. The van der Waals surface area contributed by atoms with Gasteiger partial charge in [-0.3, -0.25) is 0 Å². The SMILES string of the molecule is CCOC(=O)c1ccc(/C=C/c2cccc(SCC=C(C)C)c2)s1. The number of benzene rings is 1. The van der Waals surface area contributed by atoms with E-state index in [9.17, 15) is 4.79 Å². The highest BCUT2D eigenvalue weighted by molar-refractivity contribution is 7.99. The van der Waals surface area contributed by atoms with E-state index in [4.69, 9.17) is 4.74 Å². The van der Waals surface area contributed by atoms with Crippen LogP contribution in [0.1, 0.15) is 40.9 Å². The monoisotopic (exact) mass is 358 g/mol. The van der Waals surface area contributed by atoms with Crippen LogP contribution >= 0.6 is 23.1 Å². The van der Waals surface area contributed by atoms with Gasteiger partial charge in [-0.25, -0.2) is 4.79 Å². The van der Waals surface area contributed by atoms with Crippen molar-refractivity contribution in [2.24, 2.45) is 0 Å². The molecule has 1 heterocycles. The second kappa shape index (κ2) is 9.50. The molecule has 0 aliphatic carbocycles. The molecular weight excluding hydrogens is 336 g/mol. The van der Waals surface area contributed by atoms with Gasteiger partial charge in [0, 0.05) is 15.5 Å². The van der Waals surface area contributed by atoms with E-state index in [0.717, 1.165) is 16.2 Å². The first-order valence-electron chi connectivity index (χ1n) is 7.89. The first kappa shape index (κ1) is 18.6. The average Bonchev–Trinajstić information content (AvgIpc) is 3.02. The lowest BCUT2D eigenvalue weighted by Crippen LogP contribution is -2.01. The summed E-state index contributed by atoms with van der Waals surface area (Å²) in [6.07, 6.45) is 6.34. The molecule has 0 amide bonds. The van der Waals surface area contributed by atoms with Gasteiger partial charge in [-0.2, -0.15) is 0 Å². The zero-order chi connectivity index (χ0) is 17.4. The van der Waals surface area contributed by atoms with Gasteiger partial charge in [0.25, 0.3) is 0 Å². The second-order valence-electron chi connectivity index (χ2n) is 5.42. The van der Waals surface area contributed by atoms with Crippen LogP contribution in [0, 0.1) is 0 Å². The van der Waals surface area contributed by atoms with Crippen LogP contribution in [0.25, 0.3) is 12.2 Å². The van der Waals surface area contributed by atoms with E-state index in [2.05, 4.69) is 50.3 Å². The van der Waals surface area contributed by atoms with Gasteiger partial charge in [-0.15, -0.1) is 23.1 Å². The summed E-state index contributed by atoms with van der Waals surface area (Å²) in [5, 5.41) is 0. The van der Waals surface area contributed by atoms with Gasteiger partial charge in [-0.05, 0) is 56.7 Å². The molecule has 1 aromatic heterocycles. The van der Waals surface area contributed by atoms with Gasteiger partial charge in [0.1, 0.15) is 4.88 Å². The highest BCUT2D eigenvalue weighted by Gasteiger charge is 2.08. The van der Waals surface area contributed by atoms with E-state index in [1.807, 2.05) is 36.9 Å². The van der Waals surface area contributed by atoms with Crippen LogP contribution in [0.15, 0.2) is 52.9 Å². The zero-order valence-corrected chi connectivity index (χ0v) is 15.9. The molecule has 0 saturated heterocycles. The Kier molecular flexibility index (Phi) is 7.35. The Labute approximate surface area is 152 Å². The van der Waals surface area contributed by atoms with Crippen molar-refractivity contribution >= 4 is 41.2 Å². The maximum absolute atomic E-state index is 11.7. The number of esters is 1. The first-order valence-corrected chi connectivity index (χ1v) is 9.70. The number of ether oxygens (including phenoxy) is 1. The van der Waals surface area contributed by atoms with Gasteiger partial charge >= 0.3 is 5.97 Å². The zero-order valence-electron chi connectivity index (χ0n) is 14.2. The molecule has 0 fully saturated rings. The van der Waals surface area contributed by atoms with E-state index in [-0.39, 0.29) is 5.97 Å². The summed E-state index contributed by atoms with van der Waals surface area (Å²) in [7, 11) is 0. The predicted octanol–water partition coefficient (Wildman–Crippen LogP) is 6.15. The van der Waals surface area contributed by atoms with Crippen LogP contribution in [-0.2, 0) is 4.74 Å². The lowest BCUT2D eigenvalue weighted by molar-refractivity contribution is 0.0532. The number of thioether (sulfide) groups is 1. The molecule has 0 spiro atoms. The summed E-state index contributed by atoms with van der Waals surface area (Å²) in [4.78, 5) is 14.6. The third-order valence-electron chi connectivity index (χ3n) is 3.14. The Balaban J connectivity index is 2.01. The van der Waals surface area contributed by atoms with Gasteiger partial charge in [0.2, 0.25) is 0 Å². The van der Waals surface area contributed by atoms with E-state index in [1.165, 1.54) is 21.8 Å². The van der Waals surface area contributed by atoms with Crippen LogP contribution in [-0.4, -0.2) is 18.3 Å². The molecule has 0 bridgehead atoms. The van der Waals surface area contributed by atoms with Crippen molar-refractivity contribution < 1.29 is 9.53 Å². The normalized spacial score (nSPS) is 10.8. The third kappa shape index (κ3) is 6.02. The maximum atomic E-state index is 11.7. The molecular formula is C20H22O2S2. The number of rotatable bonds is 7. The Bertz CT molecular complexity index is 738. The van der Waals surface area contributed by atoms with Gasteiger partial charge < -0.3 is 4.74 Å². The number of allylic oxidation sites excluding steroid dienone is 1. The summed E-state index contributed by atoms with van der Waals surface area (Å²) in [5.74, 6) is 0.739. The van der Waals surface area contributed by atoms with Gasteiger partial charge in [0.15, 0.2) is 0 Å². The fourth-order valence-electron chi connectivity index (χ4n) is 1.95. The van der Waals surface area contributed by atoms with E-state index < -0.39 is 0 Å². The fraction of sp³-hybridized carbons (Fsp3) is 0.250. The summed E-state index contributed by atoms with van der Waals surface area (Å²) in [6.45, 7) is 6.45. The summed E-state index contributed by atoms with van der Waals surface area (Å²) in [6, 6.07) is 12.2. The van der Waals surface area contributed by atoms with Crippen molar-refractivity contribution in [3.05, 3.63) is 63.4 Å². The highest BCUT2D eigenvalue weighted by Crippen LogP contribution is 2.23.